The average Bonchev–Trinajstić information content (AvgIpc) is 3.39. The molecular formula is C21H26N4O2. The molecule has 1 aliphatic carbocycles. The van der Waals surface area contributed by atoms with Gasteiger partial charge in [0.25, 0.3) is 0 Å². The van der Waals surface area contributed by atoms with Crippen LogP contribution < -0.4 is 9.80 Å². The second-order valence-corrected chi connectivity index (χ2v) is 7.90. The molecule has 1 aliphatic heterocycles. The third-order valence-corrected chi connectivity index (χ3v) is 5.56. The van der Waals surface area contributed by atoms with Crippen LogP contribution in [0.15, 0.2) is 36.7 Å². The number of aromatic nitrogens is 2. The second kappa shape index (κ2) is 6.83. The monoisotopic (exact) mass is 366 g/mol. The maximum Gasteiger partial charge on any atom is 0.241 e. The van der Waals surface area contributed by atoms with Crippen LogP contribution >= 0.6 is 0 Å². The lowest BCUT2D eigenvalue weighted by atomic mass is 9.94. The van der Waals surface area contributed by atoms with E-state index in [0.717, 1.165) is 30.0 Å². The molecule has 2 heterocycles. The van der Waals surface area contributed by atoms with Crippen molar-refractivity contribution in [3.63, 3.8) is 0 Å². The molecule has 1 fully saturated rings. The number of amides is 2. The van der Waals surface area contributed by atoms with E-state index in [1.54, 1.807) is 23.2 Å². The van der Waals surface area contributed by atoms with Gasteiger partial charge in [-0.15, -0.1) is 0 Å². The van der Waals surface area contributed by atoms with Gasteiger partial charge in [0.1, 0.15) is 5.92 Å². The van der Waals surface area contributed by atoms with Gasteiger partial charge in [-0.3, -0.25) is 14.5 Å². The molecule has 142 valence electrons. The van der Waals surface area contributed by atoms with E-state index in [1.165, 1.54) is 0 Å². The summed E-state index contributed by atoms with van der Waals surface area (Å²) in [5, 5.41) is 0. The van der Waals surface area contributed by atoms with Gasteiger partial charge in [-0.1, -0.05) is 18.2 Å². The number of benzene rings is 1. The minimum absolute atomic E-state index is 0.115. The fourth-order valence-corrected chi connectivity index (χ4v) is 3.76. The Morgan fingerprint density at radius 2 is 1.96 bits per heavy atom. The summed E-state index contributed by atoms with van der Waals surface area (Å²) in [6, 6.07) is 9.71. The summed E-state index contributed by atoms with van der Waals surface area (Å²) in [6.07, 6.45) is 4.50. The summed E-state index contributed by atoms with van der Waals surface area (Å²) in [6.45, 7) is 4.85. The highest BCUT2D eigenvalue weighted by molar-refractivity contribution is 6.13. The zero-order chi connectivity index (χ0) is 19.1. The summed E-state index contributed by atoms with van der Waals surface area (Å²) >= 11 is 0. The number of imidazole rings is 1. The summed E-state index contributed by atoms with van der Waals surface area (Å²) < 4.78 is 2.09. The van der Waals surface area contributed by atoms with Crippen LogP contribution in [0.3, 0.4) is 0 Å². The number of carbonyl (C=O) groups is 2. The zero-order valence-corrected chi connectivity index (χ0v) is 16.1. The lowest BCUT2D eigenvalue weighted by molar-refractivity contribution is -0.132. The Morgan fingerprint density at radius 1 is 1.26 bits per heavy atom. The average molecular weight is 366 g/mol. The van der Waals surface area contributed by atoms with E-state index < -0.39 is 5.92 Å². The normalized spacial score (nSPS) is 19.3. The lowest BCUT2D eigenvalue weighted by Gasteiger charge is -2.33. The fourth-order valence-electron chi connectivity index (χ4n) is 3.76. The third-order valence-electron chi connectivity index (χ3n) is 5.56. The number of fused-ring (bicyclic) bond motifs is 1. The number of carbonyl (C=O) groups excluding carboxylic acids is 2. The van der Waals surface area contributed by atoms with Gasteiger partial charge in [-0.2, -0.15) is 0 Å². The predicted molar refractivity (Wildman–Crippen MR) is 105 cm³/mol. The topological polar surface area (TPSA) is 58.4 Å². The highest BCUT2D eigenvalue weighted by Crippen LogP contribution is 2.37. The molecule has 1 aromatic heterocycles. The molecule has 4 rings (SSSR count). The van der Waals surface area contributed by atoms with Crippen molar-refractivity contribution in [3.05, 3.63) is 42.4 Å². The Kier molecular flexibility index (Phi) is 4.50. The SMILES string of the molecule is CC(C)n1cnc2c1CC(C(=O)N(C)c1ccccc1)C(=O)N2CC1CC1. The van der Waals surface area contributed by atoms with Crippen LogP contribution in [0.5, 0.6) is 0 Å². The molecule has 0 radical (unpaired) electrons. The van der Waals surface area contributed by atoms with Crippen molar-refractivity contribution in [3.8, 4) is 0 Å². The van der Waals surface area contributed by atoms with Crippen molar-refractivity contribution >= 4 is 23.3 Å². The molecule has 2 aliphatic rings. The first-order valence-electron chi connectivity index (χ1n) is 9.67. The Bertz CT molecular complexity index is 854. The molecule has 6 nitrogen and oxygen atoms in total. The van der Waals surface area contributed by atoms with Gasteiger partial charge >= 0.3 is 0 Å². The predicted octanol–water partition coefficient (Wildman–Crippen LogP) is 3.04. The van der Waals surface area contributed by atoms with Crippen molar-refractivity contribution in [2.45, 2.75) is 39.2 Å². The van der Waals surface area contributed by atoms with E-state index in [4.69, 9.17) is 0 Å². The van der Waals surface area contributed by atoms with E-state index in [0.29, 0.717) is 18.9 Å². The van der Waals surface area contributed by atoms with Gasteiger partial charge in [0.2, 0.25) is 11.8 Å². The lowest BCUT2D eigenvalue weighted by Crippen LogP contribution is -2.49. The fraction of sp³-hybridized carbons (Fsp3) is 0.476. The first-order chi connectivity index (χ1) is 13.0. The molecule has 2 aromatic rings. The standard InChI is InChI=1S/C21H26N4O2/c1-14(2)25-13-22-19-18(25)11-17(21(27)24(19)12-15-9-10-15)20(26)23(3)16-7-5-4-6-8-16/h4-8,13-15,17H,9-12H2,1-3H3. The van der Waals surface area contributed by atoms with E-state index in [1.807, 2.05) is 30.3 Å². The maximum atomic E-state index is 13.2. The summed E-state index contributed by atoms with van der Waals surface area (Å²) in [7, 11) is 1.74. The number of hydrogen-bond donors (Lipinski definition) is 0. The molecule has 0 N–H and O–H groups in total. The Morgan fingerprint density at radius 3 is 2.59 bits per heavy atom. The van der Waals surface area contributed by atoms with Crippen molar-refractivity contribution in [2.75, 3.05) is 23.4 Å². The molecule has 27 heavy (non-hydrogen) atoms. The molecule has 1 atom stereocenters. The number of para-hydroxylation sites is 1. The number of anilines is 2. The van der Waals surface area contributed by atoms with Gasteiger partial charge < -0.3 is 9.47 Å². The van der Waals surface area contributed by atoms with Crippen molar-refractivity contribution in [1.29, 1.82) is 0 Å². The first kappa shape index (κ1) is 17.8. The van der Waals surface area contributed by atoms with Crippen LogP contribution in [0.1, 0.15) is 38.4 Å². The Labute approximate surface area is 159 Å². The van der Waals surface area contributed by atoms with E-state index >= 15 is 0 Å². The van der Waals surface area contributed by atoms with Crippen molar-refractivity contribution in [1.82, 2.24) is 9.55 Å². The van der Waals surface area contributed by atoms with Gasteiger partial charge in [-0.25, -0.2) is 4.98 Å². The molecule has 0 spiro atoms. The molecule has 1 unspecified atom stereocenters. The van der Waals surface area contributed by atoms with Crippen molar-refractivity contribution < 1.29 is 9.59 Å². The summed E-state index contributed by atoms with van der Waals surface area (Å²) in [5.41, 5.74) is 1.79. The molecular weight excluding hydrogens is 340 g/mol. The van der Waals surface area contributed by atoms with Crippen LogP contribution in [0.2, 0.25) is 0 Å². The highest BCUT2D eigenvalue weighted by Gasteiger charge is 2.43. The summed E-state index contributed by atoms with van der Waals surface area (Å²) in [5.74, 6) is 0.305. The quantitative estimate of drug-likeness (QED) is 0.764. The Hall–Kier alpha value is -2.63. The molecule has 2 amide bonds. The number of hydrogen-bond acceptors (Lipinski definition) is 3. The molecule has 0 saturated heterocycles. The third kappa shape index (κ3) is 3.24. The second-order valence-electron chi connectivity index (χ2n) is 7.90. The summed E-state index contributed by atoms with van der Waals surface area (Å²) in [4.78, 5) is 34.3. The zero-order valence-electron chi connectivity index (χ0n) is 16.1. The van der Waals surface area contributed by atoms with Gasteiger partial charge in [0.05, 0.1) is 12.0 Å². The van der Waals surface area contributed by atoms with Gasteiger partial charge in [0.15, 0.2) is 5.82 Å². The van der Waals surface area contributed by atoms with Crippen LogP contribution in [0.4, 0.5) is 11.5 Å². The van der Waals surface area contributed by atoms with E-state index in [9.17, 15) is 9.59 Å². The molecule has 6 heteroatoms. The van der Waals surface area contributed by atoms with E-state index in [-0.39, 0.29) is 17.9 Å². The first-order valence-corrected chi connectivity index (χ1v) is 9.67. The minimum atomic E-state index is -0.698. The van der Waals surface area contributed by atoms with Crippen molar-refractivity contribution in [2.24, 2.45) is 11.8 Å². The largest absolute Gasteiger partial charge is 0.330 e. The van der Waals surface area contributed by atoms with Gasteiger partial charge in [-0.05, 0) is 44.7 Å². The van der Waals surface area contributed by atoms with Crippen LogP contribution in [-0.4, -0.2) is 35.0 Å². The number of rotatable bonds is 5. The molecule has 1 aromatic carbocycles. The smallest absolute Gasteiger partial charge is 0.241 e. The van der Waals surface area contributed by atoms with E-state index in [2.05, 4.69) is 23.4 Å². The molecule has 0 bridgehead atoms. The number of nitrogens with zero attached hydrogens (tertiary/aromatic N) is 4. The maximum absolute atomic E-state index is 13.2. The Balaban J connectivity index is 1.67. The van der Waals surface area contributed by atoms with Crippen LogP contribution in [0.25, 0.3) is 0 Å². The molecule has 1 saturated carbocycles. The van der Waals surface area contributed by atoms with Crippen LogP contribution in [-0.2, 0) is 16.0 Å². The highest BCUT2D eigenvalue weighted by atomic mass is 16.2. The van der Waals surface area contributed by atoms with Gasteiger partial charge in [0, 0.05) is 31.7 Å². The van der Waals surface area contributed by atoms with Crippen LogP contribution in [0, 0.1) is 11.8 Å². The minimum Gasteiger partial charge on any atom is -0.330 e.